The summed E-state index contributed by atoms with van der Waals surface area (Å²) in [6, 6.07) is 8.25. The minimum atomic E-state index is -0.174. The lowest BCUT2D eigenvalue weighted by atomic mass is 10.1. The standard InChI is InChI=1S/C16H16O4/c17-13(8-7-11-4-3-9-19-11)16-10-14(18)12-5-1-2-6-15(12)20-16/h1-2,5-6,10-11H,3-4,7-9H2. The van der Waals surface area contributed by atoms with Gasteiger partial charge in [0.15, 0.2) is 17.0 Å². The molecule has 0 spiro atoms. The smallest absolute Gasteiger partial charge is 0.198 e. The topological polar surface area (TPSA) is 56.5 Å². The van der Waals surface area contributed by atoms with Crippen LogP contribution in [-0.4, -0.2) is 18.5 Å². The molecule has 2 aromatic rings. The summed E-state index contributed by atoms with van der Waals surface area (Å²) >= 11 is 0. The van der Waals surface area contributed by atoms with Crippen molar-refractivity contribution < 1.29 is 13.9 Å². The Bertz CT molecular complexity index is 680. The van der Waals surface area contributed by atoms with Crippen molar-refractivity contribution in [1.29, 1.82) is 0 Å². The second-order valence-corrected chi connectivity index (χ2v) is 5.07. The van der Waals surface area contributed by atoms with Crippen LogP contribution in [0.2, 0.25) is 0 Å². The highest BCUT2D eigenvalue weighted by Crippen LogP contribution is 2.19. The summed E-state index contributed by atoms with van der Waals surface area (Å²) in [5.41, 5.74) is 0.285. The Balaban J connectivity index is 1.79. The summed E-state index contributed by atoms with van der Waals surface area (Å²) in [6.45, 7) is 0.782. The van der Waals surface area contributed by atoms with Crippen LogP contribution in [0.3, 0.4) is 0 Å². The number of benzene rings is 1. The molecular weight excluding hydrogens is 256 g/mol. The van der Waals surface area contributed by atoms with Crippen molar-refractivity contribution >= 4 is 16.8 Å². The zero-order valence-corrected chi connectivity index (χ0v) is 11.1. The number of fused-ring (bicyclic) bond motifs is 1. The lowest BCUT2D eigenvalue weighted by Crippen LogP contribution is -2.11. The number of hydrogen-bond donors (Lipinski definition) is 0. The van der Waals surface area contributed by atoms with E-state index in [0.717, 1.165) is 19.4 Å². The van der Waals surface area contributed by atoms with E-state index in [9.17, 15) is 9.59 Å². The van der Waals surface area contributed by atoms with Crippen LogP contribution in [0.25, 0.3) is 11.0 Å². The highest BCUT2D eigenvalue weighted by atomic mass is 16.5. The van der Waals surface area contributed by atoms with Crippen LogP contribution in [0.5, 0.6) is 0 Å². The monoisotopic (exact) mass is 272 g/mol. The van der Waals surface area contributed by atoms with E-state index in [0.29, 0.717) is 23.8 Å². The molecule has 1 unspecified atom stereocenters. The number of ketones is 1. The minimum Gasteiger partial charge on any atom is -0.453 e. The molecule has 4 heteroatoms. The Morgan fingerprint density at radius 2 is 2.15 bits per heavy atom. The van der Waals surface area contributed by atoms with E-state index in [1.54, 1.807) is 24.3 Å². The molecule has 0 N–H and O–H groups in total. The van der Waals surface area contributed by atoms with Gasteiger partial charge < -0.3 is 9.15 Å². The van der Waals surface area contributed by atoms with Gasteiger partial charge in [-0.15, -0.1) is 0 Å². The van der Waals surface area contributed by atoms with E-state index in [4.69, 9.17) is 9.15 Å². The predicted octanol–water partition coefficient (Wildman–Crippen LogP) is 2.93. The van der Waals surface area contributed by atoms with Crippen LogP contribution in [0.15, 0.2) is 39.5 Å². The van der Waals surface area contributed by atoms with E-state index in [1.165, 1.54) is 6.07 Å². The van der Waals surface area contributed by atoms with Gasteiger partial charge in [-0.3, -0.25) is 9.59 Å². The highest BCUT2D eigenvalue weighted by molar-refractivity contribution is 5.94. The third-order valence-electron chi connectivity index (χ3n) is 3.63. The van der Waals surface area contributed by atoms with Crippen molar-refractivity contribution in [3.05, 3.63) is 46.3 Å². The minimum absolute atomic E-state index is 0.136. The average molecular weight is 272 g/mol. The first-order valence-corrected chi connectivity index (χ1v) is 6.92. The normalized spacial score (nSPS) is 18.5. The Labute approximate surface area is 116 Å². The maximum absolute atomic E-state index is 12.1. The quantitative estimate of drug-likeness (QED) is 0.803. The van der Waals surface area contributed by atoms with Crippen molar-refractivity contribution in [2.45, 2.75) is 31.8 Å². The van der Waals surface area contributed by atoms with Crippen molar-refractivity contribution in [1.82, 2.24) is 0 Å². The number of Topliss-reactive ketones (excluding diaryl/α,β-unsaturated/α-hetero) is 1. The first-order valence-electron chi connectivity index (χ1n) is 6.92. The van der Waals surface area contributed by atoms with Gasteiger partial charge in [0.2, 0.25) is 0 Å². The van der Waals surface area contributed by atoms with E-state index in [2.05, 4.69) is 0 Å². The molecule has 1 fully saturated rings. The van der Waals surface area contributed by atoms with Crippen LogP contribution in [0, 0.1) is 0 Å². The van der Waals surface area contributed by atoms with Gasteiger partial charge in [0, 0.05) is 19.1 Å². The molecule has 0 bridgehead atoms. The maximum Gasteiger partial charge on any atom is 0.198 e. The van der Waals surface area contributed by atoms with Crippen LogP contribution < -0.4 is 5.43 Å². The van der Waals surface area contributed by atoms with Gasteiger partial charge >= 0.3 is 0 Å². The van der Waals surface area contributed by atoms with E-state index in [-0.39, 0.29) is 23.1 Å². The Morgan fingerprint density at radius 1 is 1.30 bits per heavy atom. The van der Waals surface area contributed by atoms with Gasteiger partial charge in [-0.2, -0.15) is 0 Å². The molecule has 0 saturated carbocycles. The van der Waals surface area contributed by atoms with Gasteiger partial charge in [-0.25, -0.2) is 0 Å². The molecule has 1 aromatic carbocycles. The number of carbonyl (C=O) groups excluding carboxylic acids is 1. The molecule has 1 aliphatic rings. The summed E-state index contributed by atoms with van der Waals surface area (Å²) < 4.78 is 11.0. The molecule has 0 aliphatic carbocycles. The number of carbonyl (C=O) groups is 1. The molecule has 2 heterocycles. The molecule has 1 aromatic heterocycles. The molecule has 1 atom stereocenters. The van der Waals surface area contributed by atoms with Crippen LogP contribution in [-0.2, 0) is 4.74 Å². The number of para-hydroxylation sites is 1. The fraction of sp³-hybridized carbons (Fsp3) is 0.375. The van der Waals surface area contributed by atoms with Crippen molar-refractivity contribution in [2.24, 2.45) is 0 Å². The van der Waals surface area contributed by atoms with Gasteiger partial charge in [-0.1, -0.05) is 12.1 Å². The predicted molar refractivity (Wildman–Crippen MR) is 75.0 cm³/mol. The Kier molecular flexibility index (Phi) is 3.65. The van der Waals surface area contributed by atoms with Crippen molar-refractivity contribution in [3.63, 3.8) is 0 Å². The van der Waals surface area contributed by atoms with Gasteiger partial charge in [0.05, 0.1) is 11.5 Å². The number of ether oxygens (including phenoxy) is 1. The fourth-order valence-corrected chi connectivity index (χ4v) is 2.53. The average Bonchev–Trinajstić information content (AvgIpc) is 2.98. The molecule has 20 heavy (non-hydrogen) atoms. The summed E-state index contributed by atoms with van der Waals surface area (Å²) in [5, 5.41) is 0.503. The summed E-state index contributed by atoms with van der Waals surface area (Å²) in [4.78, 5) is 24.0. The molecular formula is C16H16O4. The molecule has 0 radical (unpaired) electrons. The molecule has 1 saturated heterocycles. The Hall–Kier alpha value is -1.94. The van der Waals surface area contributed by atoms with Gasteiger partial charge in [0.25, 0.3) is 0 Å². The zero-order chi connectivity index (χ0) is 13.9. The highest BCUT2D eigenvalue weighted by Gasteiger charge is 2.19. The lowest BCUT2D eigenvalue weighted by Gasteiger charge is -2.07. The molecule has 4 nitrogen and oxygen atoms in total. The second-order valence-electron chi connectivity index (χ2n) is 5.07. The summed E-state index contributed by atoms with van der Waals surface area (Å²) in [5.74, 6) is 0.00931. The zero-order valence-electron chi connectivity index (χ0n) is 11.1. The molecule has 104 valence electrons. The second kappa shape index (κ2) is 5.59. The van der Waals surface area contributed by atoms with E-state index in [1.807, 2.05) is 0 Å². The summed E-state index contributed by atoms with van der Waals surface area (Å²) in [7, 11) is 0. The summed E-state index contributed by atoms with van der Waals surface area (Å²) in [6.07, 6.45) is 3.28. The first-order chi connectivity index (χ1) is 9.74. The molecule has 1 aliphatic heterocycles. The van der Waals surface area contributed by atoms with Crippen LogP contribution in [0.4, 0.5) is 0 Å². The number of hydrogen-bond acceptors (Lipinski definition) is 4. The Morgan fingerprint density at radius 3 is 2.95 bits per heavy atom. The number of rotatable bonds is 4. The third kappa shape index (κ3) is 2.65. The molecule has 0 amide bonds. The van der Waals surface area contributed by atoms with Crippen molar-refractivity contribution in [2.75, 3.05) is 6.61 Å². The van der Waals surface area contributed by atoms with Gasteiger partial charge in [-0.05, 0) is 31.4 Å². The first kappa shape index (κ1) is 13.1. The molecule has 3 rings (SSSR count). The van der Waals surface area contributed by atoms with Crippen LogP contribution in [0.1, 0.15) is 36.2 Å². The lowest BCUT2D eigenvalue weighted by molar-refractivity contribution is 0.0840. The SMILES string of the molecule is O=C(CCC1CCCO1)c1cc(=O)c2ccccc2o1. The van der Waals surface area contributed by atoms with Gasteiger partial charge in [0.1, 0.15) is 5.58 Å². The third-order valence-corrected chi connectivity index (χ3v) is 3.63. The maximum atomic E-state index is 12.1. The van der Waals surface area contributed by atoms with Crippen molar-refractivity contribution in [3.8, 4) is 0 Å². The van der Waals surface area contributed by atoms with E-state index >= 15 is 0 Å². The fourth-order valence-electron chi connectivity index (χ4n) is 2.53. The van der Waals surface area contributed by atoms with Crippen LogP contribution >= 0.6 is 0 Å². The van der Waals surface area contributed by atoms with E-state index < -0.39 is 0 Å². The largest absolute Gasteiger partial charge is 0.453 e.